The number of piperazine rings is 1. The molecule has 1 saturated heterocycles. The molecule has 3 rings (SSSR count). The van der Waals surface area contributed by atoms with E-state index in [0.29, 0.717) is 31.7 Å². The number of anilines is 2. The van der Waals surface area contributed by atoms with E-state index in [2.05, 4.69) is 50.8 Å². The van der Waals surface area contributed by atoms with Gasteiger partial charge in [-0.15, -0.1) is 0 Å². The van der Waals surface area contributed by atoms with Crippen LogP contribution in [0.15, 0.2) is 22.8 Å². The maximum absolute atomic E-state index is 15.2. The highest BCUT2D eigenvalue weighted by Crippen LogP contribution is 2.38. The first-order chi connectivity index (χ1) is 17.1. The highest BCUT2D eigenvalue weighted by atomic mass is 79.9. The minimum Gasteiger partial charge on any atom is -0.478 e. The number of halogens is 6. The zero-order valence-electron chi connectivity index (χ0n) is 21.3. The third kappa shape index (κ3) is 7.20. The lowest BCUT2D eigenvalue weighted by Gasteiger charge is -2.39. The molecule has 1 N–H and O–H groups in total. The number of nitrogens with zero attached hydrogens (tertiary/aromatic N) is 3. The van der Waals surface area contributed by atoms with Crippen molar-refractivity contribution in [2.45, 2.75) is 44.8 Å². The normalized spacial score (nSPS) is 17.2. The molecule has 37 heavy (non-hydrogen) atoms. The third-order valence-corrected chi connectivity index (χ3v) is 8.64. The van der Waals surface area contributed by atoms with Gasteiger partial charge in [0.2, 0.25) is 5.88 Å². The summed E-state index contributed by atoms with van der Waals surface area (Å²) in [6.45, 7) is 9.84. The molecule has 1 aromatic carbocycles. The molecule has 0 spiro atoms. The van der Waals surface area contributed by atoms with Crippen LogP contribution in [0, 0.1) is 11.6 Å². The summed E-state index contributed by atoms with van der Waals surface area (Å²) in [7, 11) is 0.427. The van der Waals surface area contributed by atoms with Gasteiger partial charge in [-0.05, 0) is 35.9 Å². The minimum absolute atomic E-state index is 0.0410. The Kier molecular flexibility index (Phi) is 8.90. The van der Waals surface area contributed by atoms with E-state index in [1.165, 1.54) is 0 Å². The SMILES string of the molecule is C[C@H]1CN(c2cc(F)c(Br)c(F)c2NC(=O)c2cnc(OCC[Si](C)(C)C)cc2C(F)(F)F)CCN1C. The molecule has 1 amide bonds. The van der Waals surface area contributed by atoms with Crippen molar-refractivity contribution in [2.75, 3.05) is 43.5 Å². The predicted octanol–water partition coefficient (Wildman–Crippen LogP) is 6.25. The van der Waals surface area contributed by atoms with Crippen LogP contribution in [-0.2, 0) is 6.18 Å². The topological polar surface area (TPSA) is 57.7 Å². The number of alkyl halides is 3. The van der Waals surface area contributed by atoms with Gasteiger partial charge >= 0.3 is 6.18 Å². The van der Waals surface area contributed by atoms with Gasteiger partial charge in [0.15, 0.2) is 5.82 Å². The standard InChI is InChI=1S/C24H30BrF5N4O2Si/c1-14-13-34(7-6-33(14)2)18-11-17(26)20(25)21(27)22(18)32-23(35)15-12-31-19(10-16(15)24(28,29)30)36-8-9-37(3,4)5/h10-12,14H,6-9,13H2,1-5H3,(H,32,35)/t14-/m0/s1. The molecule has 1 aromatic heterocycles. The maximum atomic E-state index is 15.2. The molecule has 2 heterocycles. The number of rotatable bonds is 7. The number of benzene rings is 1. The van der Waals surface area contributed by atoms with E-state index in [4.69, 9.17) is 4.74 Å². The number of nitrogens with one attached hydrogen (secondary N) is 1. The molecule has 1 aliphatic heterocycles. The Morgan fingerprint density at radius 1 is 1.24 bits per heavy atom. The fourth-order valence-electron chi connectivity index (χ4n) is 3.79. The first kappa shape index (κ1) is 29.3. The quantitative estimate of drug-likeness (QED) is 0.229. The van der Waals surface area contributed by atoms with Gasteiger partial charge in [-0.2, -0.15) is 13.2 Å². The van der Waals surface area contributed by atoms with E-state index >= 15 is 4.39 Å². The average molecular weight is 610 g/mol. The highest BCUT2D eigenvalue weighted by molar-refractivity contribution is 9.10. The Hall–Kier alpha value is -2.25. The smallest absolute Gasteiger partial charge is 0.417 e. The van der Waals surface area contributed by atoms with Crippen LogP contribution in [0.3, 0.4) is 0 Å². The molecule has 0 saturated carbocycles. The van der Waals surface area contributed by atoms with Crippen LogP contribution in [0.25, 0.3) is 0 Å². The van der Waals surface area contributed by atoms with E-state index in [9.17, 15) is 22.4 Å². The van der Waals surface area contributed by atoms with Crippen molar-refractivity contribution >= 4 is 41.3 Å². The largest absolute Gasteiger partial charge is 0.478 e. The number of carbonyl (C=O) groups is 1. The number of pyridine rings is 1. The van der Waals surface area contributed by atoms with Gasteiger partial charge in [-0.1, -0.05) is 19.6 Å². The van der Waals surface area contributed by atoms with Crippen LogP contribution >= 0.6 is 15.9 Å². The lowest BCUT2D eigenvalue weighted by Crippen LogP contribution is -2.50. The molecular formula is C24H30BrF5N4O2Si. The van der Waals surface area contributed by atoms with Crippen LogP contribution in [-0.4, -0.2) is 63.2 Å². The molecule has 1 fully saturated rings. The van der Waals surface area contributed by atoms with Crippen LogP contribution in [0.1, 0.15) is 22.8 Å². The maximum Gasteiger partial charge on any atom is 0.417 e. The second kappa shape index (κ2) is 11.2. The van der Waals surface area contributed by atoms with Gasteiger partial charge in [0.1, 0.15) is 11.5 Å². The van der Waals surface area contributed by atoms with E-state index in [1.54, 1.807) is 4.90 Å². The number of ether oxygens (including phenoxy) is 1. The summed E-state index contributed by atoms with van der Waals surface area (Å²) in [4.78, 5) is 20.7. The van der Waals surface area contributed by atoms with E-state index in [1.807, 2.05) is 14.0 Å². The van der Waals surface area contributed by atoms with Gasteiger partial charge < -0.3 is 19.9 Å². The van der Waals surface area contributed by atoms with Crippen molar-refractivity contribution in [1.29, 1.82) is 0 Å². The Morgan fingerprint density at radius 2 is 1.92 bits per heavy atom. The average Bonchev–Trinajstić information content (AvgIpc) is 2.79. The molecule has 0 aliphatic carbocycles. The summed E-state index contributed by atoms with van der Waals surface area (Å²) in [6, 6.07) is 2.48. The summed E-state index contributed by atoms with van der Waals surface area (Å²) >= 11 is 2.82. The highest BCUT2D eigenvalue weighted by Gasteiger charge is 2.37. The molecule has 6 nitrogen and oxygen atoms in total. The van der Waals surface area contributed by atoms with Crippen LogP contribution < -0.4 is 15.0 Å². The second-order valence-corrected chi connectivity index (χ2v) is 16.7. The number of likely N-dealkylation sites (N-methyl/N-ethyl adjacent to an activating group) is 1. The molecule has 204 valence electrons. The van der Waals surface area contributed by atoms with Gasteiger partial charge in [0, 0.05) is 52.1 Å². The number of aromatic nitrogens is 1. The summed E-state index contributed by atoms with van der Waals surface area (Å²) in [5, 5.41) is 2.24. The molecule has 2 aromatic rings. The van der Waals surface area contributed by atoms with Crippen molar-refractivity contribution in [2.24, 2.45) is 0 Å². The summed E-state index contributed by atoms with van der Waals surface area (Å²) in [6.07, 6.45) is -4.14. The lowest BCUT2D eigenvalue weighted by atomic mass is 10.1. The first-order valence-corrected chi connectivity index (χ1v) is 16.2. The van der Waals surface area contributed by atoms with Crippen LogP contribution in [0.4, 0.5) is 33.3 Å². The zero-order valence-corrected chi connectivity index (χ0v) is 23.9. The zero-order chi connectivity index (χ0) is 27.7. The number of carbonyl (C=O) groups excluding carboxylic acids is 1. The van der Waals surface area contributed by atoms with E-state index in [-0.39, 0.29) is 24.2 Å². The summed E-state index contributed by atoms with van der Waals surface area (Å²) < 4.78 is 76.1. The van der Waals surface area contributed by atoms with Crippen LogP contribution in [0.2, 0.25) is 25.7 Å². The van der Waals surface area contributed by atoms with Gasteiger partial charge in [-0.25, -0.2) is 13.8 Å². The van der Waals surface area contributed by atoms with E-state index < -0.39 is 53.1 Å². The Labute approximate surface area is 222 Å². The van der Waals surface area contributed by atoms with E-state index in [0.717, 1.165) is 12.3 Å². The minimum atomic E-state index is -4.90. The number of hydrogen-bond acceptors (Lipinski definition) is 5. The first-order valence-electron chi connectivity index (χ1n) is 11.7. The Morgan fingerprint density at radius 3 is 2.51 bits per heavy atom. The second-order valence-electron chi connectivity index (χ2n) is 10.3. The lowest BCUT2D eigenvalue weighted by molar-refractivity contribution is -0.138. The molecule has 1 atom stereocenters. The van der Waals surface area contributed by atoms with Crippen molar-refractivity contribution in [1.82, 2.24) is 9.88 Å². The fourth-order valence-corrected chi connectivity index (χ4v) is 4.82. The van der Waals surface area contributed by atoms with Crippen molar-refractivity contribution in [3.63, 3.8) is 0 Å². The van der Waals surface area contributed by atoms with Crippen molar-refractivity contribution in [3.05, 3.63) is 45.6 Å². The fraction of sp³-hybridized carbons (Fsp3) is 0.500. The molecule has 0 unspecified atom stereocenters. The molecule has 13 heteroatoms. The number of hydrogen-bond donors (Lipinski definition) is 1. The Bertz CT molecular complexity index is 1160. The molecule has 1 aliphatic rings. The van der Waals surface area contributed by atoms with Gasteiger partial charge in [-0.3, -0.25) is 4.79 Å². The Balaban J connectivity index is 1.95. The van der Waals surface area contributed by atoms with Crippen molar-refractivity contribution in [3.8, 4) is 5.88 Å². The third-order valence-electron chi connectivity index (χ3n) is 6.21. The summed E-state index contributed by atoms with van der Waals surface area (Å²) in [5.74, 6) is -3.50. The molecular weight excluding hydrogens is 579 g/mol. The predicted molar refractivity (Wildman–Crippen MR) is 139 cm³/mol. The molecule has 0 radical (unpaired) electrons. The number of amides is 1. The van der Waals surface area contributed by atoms with Gasteiger partial charge in [0.25, 0.3) is 5.91 Å². The monoisotopic (exact) mass is 608 g/mol. The van der Waals surface area contributed by atoms with Crippen molar-refractivity contribution < 1.29 is 31.5 Å². The molecule has 0 bridgehead atoms. The van der Waals surface area contributed by atoms with Gasteiger partial charge in [0.05, 0.1) is 27.9 Å². The van der Waals surface area contributed by atoms with Crippen LogP contribution in [0.5, 0.6) is 5.88 Å². The summed E-state index contributed by atoms with van der Waals surface area (Å²) in [5.41, 5.74) is -2.44.